The summed E-state index contributed by atoms with van der Waals surface area (Å²) < 4.78 is 1.07. The average Bonchev–Trinajstić information content (AvgIpc) is 3.56. The van der Waals surface area contributed by atoms with Crippen LogP contribution in [-0.4, -0.2) is 61.8 Å². The fourth-order valence-electron chi connectivity index (χ4n) is 4.21. The highest BCUT2D eigenvalue weighted by molar-refractivity contribution is 7.21. The normalized spacial score (nSPS) is 14.5. The highest BCUT2D eigenvalue weighted by atomic mass is 32.1. The second kappa shape index (κ2) is 9.61. The van der Waals surface area contributed by atoms with Gasteiger partial charge in [-0.05, 0) is 12.1 Å². The lowest BCUT2D eigenvalue weighted by Gasteiger charge is -2.34. The van der Waals surface area contributed by atoms with E-state index >= 15 is 0 Å². The molecule has 5 aromatic rings. The summed E-state index contributed by atoms with van der Waals surface area (Å²) in [4.78, 5) is 36.0. The van der Waals surface area contributed by atoms with E-state index in [4.69, 9.17) is 4.98 Å². The molecule has 0 bridgehead atoms. The lowest BCUT2D eigenvalue weighted by atomic mass is 10.2. The summed E-state index contributed by atoms with van der Waals surface area (Å²) in [5.74, 6) is -0.0907. The number of nitrogens with zero attached hydrogens (tertiary/aromatic N) is 6. The van der Waals surface area contributed by atoms with Crippen LogP contribution in [0.5, 0.6) is 0 Å². The molecule has 7 nitrogen and oxygen atoms in total. The van der Waals surface area contributed by atoms with Crippen molar-refractivity contribution in [2.45, 2.75) is 6.54 Å². The van der Waals surface area contributed by atoms with Gasteiger partial charge in [0.2, 0.25) is 0 Å². The minimum Gasteiger partial charge on any atom is -0.335 e. The van der Waals surface area contributed by atoms with Crippen LogP contribution in [0.3, 0.4) is 0 Å². The van der Waals surface area contributed by atoms with E-state index in [2.05, 4.69) is 37.4 Å². The molecule has 0 atom stereocenters. The summed E-state index contributed by atoms with van der Waals surface area (Å²) in [6.07, 6.45) is 3.19. The highest BCUT2D eigenvalue weighted by Gasteiger charge is 2.27. The molecule has 3 aromatic heterocycles. The van der Waals surface area contributed by atoms with Crippen molar-refractivity contribution < 1.29 is 4.79 Å². The Kier molecular flexibility index (Phi) is 6.03. The molecular formula is C26H22N6OS2. The van der Waals surface area contributed by atoms with E-state index in [0.717, 1.165) is 51.1 Å². The molecule has 0 N–H and O–H groups in total. The fraction of sp³-hybridized carbons (Fsp3) is 0.192. The van der Waals surface area contributed by atoms with Crippen molar-refractivity contribution in [1.29, 1.82) is 0 Å². The Hall–Kier alpha value is -3.53. The Bertz CT molecular complexity index is 1440. The van der Waals surface area contributed by atoms with Gasteiger partial charge in [-0.3, -0.25) is 9.69 Å². The number of rotatable bonds is 5. The Balaban J connectivity index is 1.13. The van der Waals surface area contributed by atoms with Gasteiger partial charge in [-0.2, -0.15) is 0 Å². The predicted octanol–water partition coefficient (Wildman–Crippen LogP) is 4.83. The van der Waals surface area contributed by atoms with Crippen molar-refractivity contribution in [3.63, 3.8) is 0 Å². The molecule has 6 rings (SSSR count). The van der Waals surface area contributed by atoms with Gasteiger partial charge < -0.3 is 4.90 Å². The van der Waals surface area contributed by atoms with Gasteiger partial charge >= 0.3 is 0 Å². The van der Waals surface area contributed by atoms with E-state index in [1.165, 1.54) is 11.3 Å². The summed E-state index contributed by atoms with van der Waals surface area (Å²) in [6, 6.07) is 18.2. The number of amides is 1. The molecule has 174 valence electrons. The van der Waals surface area contributed by atoms with Gasteiger partial charge in [0.1, 0.15) is 15.7 Å². The maximum Gasteiger partial charge on any atom is 0.274 e. The molecule has 1 amide bonds. The van der Waals surface area contributed by atoms with E-state index in [9.17, 15) is 4.79 Å². The number of benzene rings is 2. The summed E-state index contributed by atoms with van der Waals surface area (Å²) in [5.41, 5.74) is 4.04. The van der Waals surface area contributed by atoms with Crippen LogP contribution < -0.4 is 0 Å². The summed E-state index contributed by atoms with van der Waals surface area (Å²) in [5, 5.41) is 3.89. The molecule has 9 heteroatoms. The van der Waals surface area contributed by atoms with Gasteiger partial charge in [-0.1, -0.05) is 42.5 Å². The molecule has 2 aromatic carbocycles. The number of carbonyl (C=O) groups is 1. The minimum absolute atomic E-state index is 0.0907. The first-order valence-electron chi connectivity index (χ1n) is 11.4. The number of thiazole rings is 2. The standard InChI is InChI=1S/C26H22N6OS2/c33-26(23-22(27-10-11-28-23)25-30-20-8-4-5-9-21(20)35-25)32-14-12-31(13-15-32)16-19-17-34-24(29-19)18-6-2-1-3-7-18/h1-11,17H,12-16H2. The Morgan fingerprint density at radius 1 is 0.857 bits per heavy atom. The maximum atomic E-state index is 13.4. The number of hydrogen-bond donors (Lipinski definition) is 0. The van der Waals surface area contributed by atoms with E-state index in [1.807, 2.05) is 47.4 Å². The zero-order chi connectivity index (χ0) is 23.6. The molecule has 0 unspecified atom stereocenters. The van der Waals surface area contributed by atoms with Crippen LogP contribution in [0.1, 0.15) is 16.2 Å². The van der Waals surface area contributed by atoms with Crippen molar-refractivity contribution in [2.75, 3.05) is 26.2 Å². The number of para-hydroxylation sites is 1. The number of carbonyl (C=O) groups excluding carboxylic acids is 1. The third-order valence-electron chi connectivity index (χ3n) is 6.01. The van der Waals surface area contributed by atoms with E-state index in [0.29, 0.717) is 24.5 Å². The summed E-state index contributed by atoms with van der Waals surface area (Å²) in [7, 11) is 0. The maximum absolute atomic E-state index is 13.4. The fourth-order valence-corrected chi connectivity index (χ4v) is 5.99. The third-order valence-corrected chi connectivity index (χ3v) is 8.00. The third kappa shape index (κ3) is 4.58. The van der Waals surface area contributed by atoms with Gasteiger partial charge in [-0.25, -0.2) is 19.9 Å². The van der Waals surface area contributed by atoms with Crippen molar-refractivity contribution in [1.82, 2.24) is 29.7 Å². The average molecular weight is 499 g/mol. The van der Waals surface area contributed by atoms with Crippen LogP contribution in [0.15, 0.2) is 72.4 Å². The molecule has 0 spiro atoms. The largest absolute Gasteiger partial charge is 0.335 e. The quantitative estimate of drug-likeness (QED) is 0.345. The lowest BCUT2D eigenvalue weighted by Crippen LogP contribution is -2.48. The smallest absolute Gasteiger partial charge is 0.274 e. The van der Waals surface area contributed by atoms with E-state index in [-0.39, 0.29) is 5.91 Å². The number of fused-ring (bicyclic) bond motifs is 1. The minimum atomic E-state index is -0.0907. The van der Waals surface area contributed by atoms with E-state index in [1.54, 1.807) is 23.7 Å². The number of hydrogen-bond acceptors (Lipinski definition) is 8. The van der Waals surface area contributed by atoms with Gasteiger partial charge in [0, 0.05) is 56.1 Å². The molecule has 1 saturated heterocycles. The zero-order valence-corrected chi connectivity index (χ0v) is 20.5. The molecule has 1 aliphatic heterocycles. The Morgan fingerprint density at radius 2 is 1.63 bits per heavy atom. The molecule has 0 aliphatic carbocycles. The van der Waals surface area contributed by atoms with Crippen molar-refractivity contribution in [3.05, 3.63) is 83.8 Å². The SMILES string of the molecule is O=C(c1nccnc1-c1nc2ccccc2s1)N1CCN(Cc2csc(-c3ccccc3)n2)CC1. The summed E-state index contributed by atoms with van der Waals surface area (Å²) in [6.45, 7) is 3.66. The number of piperazine rings is 1. The van der Waals surface area contributed by atoms with Crippen LogP contribution in [0.2, 0.25) is 0 Å². The van der Waals surface area contributed by atoms with Gasteiger partial charge in [0.25, 0.3) is 5.91 Å². The van der Waals surface area contributed by atoms with Crippen molar-refractivity contribution in [2.24, 2.45) is 0 Å². The van der Waals surface area contributed by atoms with Crippen LogP contribution >= 0.6 is 22.7 Å². The zero-order valence-electron chi connectivity index (χ0n) is 18.9. The van der Waals surface area contributed by atoms with Gasteiger partial charge in [0.05, 0.1) is 15.9 Å². The molecule has 1 fully saturated rings. The second-order valence-electron chi connectivity index (χ2n) is 8.32. The Morgan fingerprint density at radius 3 is 2.46 bits per heavy atom. The number of aromatic nitrogens is 4. The molecule has 35 heavy (non-hydrogen) atoms. The van der Waals surface area contributed by atoms with Crippen molar-refractivity contribution >= 4 is 38.8 Å². The molecular weight excluding hydrogens is 476 g/mol. The predicted molar refractivity (Wildman–Crippen MR) is 139 cm³/mol. The second-order valence-corrected chi connectivity index (χ2v) is 10.2. The lowest BCUT2D eigenvalue weighted by molar-refractivity contribution is 0.0622. The van der Waals surface area contributed by atoms with Crippen molar-refractivity contribution in [3.8, 4) is 21.3 Å². The van der Waals surface area contributed by atoms with Gasteiger partial charge in [-0.15, -0.1) is 22.7 Å². The first kappa shape index (κ1) is 22.0. The van der Waals surface area contributed by atoms with Crippen LogP contribution in [-0.2, 0) is 6.54 Å². The monoisotopic (exact) mass is 498 g/mol. The molecule has 0 radical (unpaired) electrons. The Labute approximate surface area is 210 Å². The van der Waals surface area contributed by atoms with Gasteiger partial charge in [0.15, 0.2) is 5.69 Å². The van der Waals surface area contributed by atoms with Crippen LogP contribution in [0, 0.1) is 0 Å². The summed E-state index contributed by atoms with van der Waals surface area (Å²) >= 11 is 3.20. The molecule has 0 saturated carbocycles. The molecule has 4 heterocycles. The topological polar surface area (TPSA) is 75.1 Å². The molecule has 1 aliphatic rings. The van der Waals surface area contributed by atoms with Crippen LogP contribution in [0.4, 0.5) is 0 Å². The highest BCUT2D eigenvalue weighted by Crippen LogP contribution is 2.30. The first-order chi connectivity index (χ1) is 17.2. The van der Waals surface area contributed by atoms with Crippen LogP contribution in [0.25, 0.3) is 31.5 Å². The van der Waals surface area contributed by atoms with E-state index < -0.39 is 0 Å². The first-order valence-corrected chi connectivity index (χ1v) is 13.1.